The second-order valence-electron chi connectivity index (χ2n) is 7.57. The first-order valence-electron chi connectivity index (χ1n) is 10.1. The van der Waals surface area contributed by atoms with Gasteiger partial charge in [-0.15, -0.1) is 0 Å². The van der Waals surface area contributed by atoms with Crippen molar-refractivity contribution in [2.24, 2.45) is 5.92 Å². The fourth-order valence-electron chi connectivity index (χ4n) is 3.79. The molecule has 0 radical (unpaired) electrons. The Balaban J connectivity index is 1.55. The van der Waals surface area contributed by atoms with Crippen molar-refractivity contribution in [2.75, 3.05) is 49.9 Å². The summed E-state index contributed by atoms with van der Waals surface area (Å²) in [7, 11) is 2.60. The lowest BCUT2D eigenvalue weighted by atomic mass is 9.96. The van der Waals surface area contributed by atoms with Crippen LogP contribution in [0, 0.1) is 5.92 Å². The summed E-state index contributed by atoms with van der Waals surface area (Å²) in [5, 5.41) is 3.34. The largest absolute Gasteiger partial charge is 0.497 e. The Kier molecular flexibility index (Phi) is 6.30. The third-order valence-electron chi connectivity index (χ3n) is 5.56. The van der Waals surface area contributed by atoms with Crippen LogP contribution in [0.15, 0.2) is 29.2 Å². The summed E-state index contributed by atoms with van der Waals surface area (Å²) in [5.41, 5.74) is 1.74. The lowest BCUT2D eigenvalue weighted by Gasteiger charge is -2.25. The highest BCUT2D eigenvalue weighted by Crippen LogP contribution is 2.32. The molecule has 29 heavy (non-hydrogen) atoms. The van der Waals surface area contributed by atoms with Crippen molar-refractivity contribution in [3.8, 4) is 5.75 Å². The zero-order chi connectivity index (χ0) is 20.2. The summed E-state index contributed by atoms with van der Waals surface area (Å²) in [6, 6.07) is 7.66. The van der Waals surface area contributed by atoms with Crippen molar-refractivity contribution in [1.29, 1.82) is 0 Å². The number of hydrogen-bond acceptors (Lipinski definition) is 7. The van der Waals surface area contributed by atoms with E-state index in [0.717, 1.165) is 67.5 Å². The average molecular weight is 417 g/mol. The minimum absolute atomic E-state index is 0.603. The topological polar surface area (TPSA) is 76.6 Å². The second-order valence-corrected chi connectivity index (χ2v) is 9.08. The van der Waals surface area contributed by atoms with Crippen LogP contribution in [0.5, 0.6) is 5.75 Å². The third kappa shape index (κ3) is 4.70. The molecule has 0 spiro atoms. The number of methoxy groups -OCH3 is 1. The molecule has 156 valence electrons. The Morgan fingerprint density at radius 3 is 2.93 bits per heavy atom. The molecule has 0 bridgehead atoms. The number of benzene rings is 1. The van der Waals surface area contributed by atoms with Crippen molar-refractivity contribution in [2.45, 2.75) is 30.6 Å². The van der Waals surface area contributed by atoms with E-state index in [-0.39, 0.29) is 0 Å². The molecule has 1 fully saturated rings. The predicted octanol–water partition coefficient (Wildman–Crippen LogP) is 3.15. The van der Waals surface area contributed by atoms with Gasteiger partial charge in [0.1, 0.15) is 10.6 Å². The van der Waals surface area contributed by atoms with Crippen molar-refractivity contribution in [1.82, 2.24) is 9.97 Å². The van der Waals surface area contributed by atoms with E-state index < -0.39 is 10.8 Å². The van der Waals surface area contributed by atoms with Gasteiger partial charge in [0, 0.05) is 50.7 Å². The molecular formula is C21H28N4O3S. The van der Waals surface area contributed by atoms with Crippen LogP contribution in [-0.4, -0.2) is 53.8 Å². The fourth-order valence-corrected chi connectivity index (χ4v) is 5.09. The molecule has 0 amide bonds. The van der Waals surface area contributed by atoms with Gasteiger partial charge < -0.3 is 19.7 Å². The zero-order valence-corrected chi connectivity index (χ0v) is 17.8. The second kappa shape index (κ2) is 9.09. The average Bonchev–Trinajstić information content (AvgIpc) is 3.14. The normalized spacial score (nSPS) is 19.0. The first-order valence-corrected chi connectivity index (χ1v) is 11.4. The summed E-state index contributed by atoms with van der Waals surface area (Å²) in [5.74, 6) is 3.37. The standard InChI is InChI=1S/C21H28N4O3S/c1-25(10-6-15-7-11-28-12-8-15)21-23-18-9-13-29(26)19(18)20(24-21)22-16-4-3-5-17(14-16)27-2/h3-5,14-15H,6-13H2,1-2H3,(H,22,23,24)/t29-/m1/s1. The molecule has 1 aromatic heterocycles. The van der Waals surface area contributed by atoms with Gasteiger partial charge in [0.25, 0.3) is 0 Å². The first kappa shape index (κ1) is 20.1. The lowest BCUT2D eigenvalue weighted by Crippen LogP contribution is -2.26. The number of hydrogen-bond donors (Lipinski definition) is 1. The van der Waals surface area contributed by atoms with E-state index in [1.807, 2.05) is 31.3 Å². The molecule has 1 N–H and O–H groups in total. The number of aryl methyl sites for hydroxylation is 1. The molecule has 1 atom stereocenters. The Labute approximate surface area is 174 Å². The van der Waals surface area contributed by atoms with Gasteiger partial charge in [0.05, 0.1) is 23.6 Å². The summed E-state index contributed by atoms with van der Waals surface area (Å²) < 4.78 is 23.3. The number of nitrogens with zero attached hydrogens (tertiary/aromatic N) is 3. The van der Waals surface area contributed by atoms with E-state index in [2.05, 4.69) is 10.2 Å². The van der Waals surface area contributed by atoms with Crippen LogP contribution in [0.2, 0.25) is 0 Å². The predicted molar refractivity (Wildman–Crippen MR) is 115 cm³/mol. The molecule has 1 saturated heterocycles. The Morgan fingerprint density at radius 1 is 1.31 bits per heavy atom. The Bertz CT molecular complexity index is 886. The number of ether oxygens (including phenoxy) is 2. The molecule has 0 saturated carbocycles. The molecule has 4 rings (SSSR count). The molecular weight excluding hydrogens is 388 g/mol. The highest BCUT2D eigenvalue weighted by molar-refractivity contribution is 7.85. The molecule has 0 unspecified atom stereocenters. The van der Waals surface area contributed by atoms with Gasteiger partial charge >= 0.3 is 0 Å². The van der Waals surface area contributed by atoms with Crippen molar-refractivity contribution >= 4 is 28.3 Å². The number of rotatable bonds is 7. The van der Waals surface area contributed by atoms with Gasteiger partial charge in [-0.2, -0.15) is 4.98 Å². The number of fused-ring (bicyclic) bond motifs is 1. The molecule has 7 nitrogen and oxygen atoms in total. The highest BCUT2D eigenvalue weighted by atomic mass is 32.2. The monoisotopic (exact) mass is 416 g/mol. The van der Waals surface area contributed by atoms with Gasteiger partial charge in [-0.05, 0) is 37.3 Å². The molecule has 8 heteroatoms. The number of aromatic nitrogens is 2. The quantitative estimate of drug-likeness (QED) is 0.743. The summed E-state index contributed by atoms with van der Waals surface area (Å²) in [6.07, 6.45) is 4.07. The Morgan fingerprint density at radius 2 is 2.14 bits per heavy atom. The van der Waals surface area contributed by atoms with Gasteiger partial charge in [0.2, 0.25) is 5.95 Å². The van der Waals surface area contributed by atoms with Gasteiger partial charge in [-0.1, -0.05) is 6.07 Å². The third-order valence-corrected chi connectivity index (χ3v) is 7.02. The maximum Gasteiger partial charge on any atom is 0.227 e. The molecule has 0 aliphatic carbocycles. The SMILES string of the molecule is COc1cccc(Nc2nc(N(C)CCC3CCOCC3)nc3c2[S@](=O)CC3)c1. The van der Waals surface area contributed by atoms with Crippen LogP contribution in [0.3, 0.4) is 0 Å². The number of anilines is 3. The van der Waals surface area contributed by atoms with E-state index in [4.69, 9.17) is 19.4 Å². The van der Waals surface area contributed by atoms with E-state index in [0.29, 0.717) is 23.4 Å². The van der Waals surface area contributed by atoms with Crippen molar-refractivity contribution in [3.05, 3.63) is 30.0 Å². The van der Waals surface area contributed by atoms with Crippen LogP contribution in [0.25, 0.3) is 0 Å². The zero-order valence-electron chi connectivity index (χ0n) is 17.0. The molecule has 2 aliphatic heterocycles. The van der Waals surface area contributed by atoms with Crippen LogP contribution in [0.1, 0.15) is 25.0 Å². The molecule has 3 heterocycles. The van der Waals surface area contributed by atoms with Crippen LogP contribution in [0.4, 0.5) is 17.5 Å². The van der Waals surface area contributed by atoms with E-state index >= 15 is 0 Å². The highest BCUT2D eigenvalue weighted by Gasteiger charge is 2.27. The Hall–Kier alpha value is -2.19. The maximum absolute atomic E-state index is 12.6. The van der Waals surface area contributed by atoms with E-state index in [1.54, 1.807) is 7.11 Å². The van der Waals surface area contributed by atoms with E-state index in [9.17, 15) is 4.21 Å². The van der Waals surface area contributed by atoms with Gasteiger partial charge in [-0.25, -0.2) is 4.98 Å². The fraction of sp³-hybridized carbons (Fsp3) is 0.524. The first-order chi connectivity index (χ1) is 14.1. The lowest BCUT2D eigenvalue weighted by molar-refractivity contribution is 0.0645. The summed E-state index contributed by atoms with van der Waals surface area (Å²) in [4.78, 5) is 12.3. The molecule has 1 aromatic carbocycles. The van der Waals surface area contributed by atoms with Crippen molar-refractivity contribution in [3.63, 3.8) is 0 Å². The van der Waals surface area contributed by atoms with Gasteiger partial charge in [0.15, 0.2) is 5.82 Å². The van der Waals surface area contributed by atoms with E-state index in [1.165, 1.54) is 0 Å². The van der Waals surface area contributed by atoms with Crippen LogP contribution in [-0.2, 0) is 22.0 Å². The van der Waals surface area contributed by atoms with Crippen molar-refractivity contribution < 1.29 is 13.7 Å². The molecule has 2 aliphatic rings. The number of nitrogens with one attached hydrogen (secondary N) is 1. The maximum atomic E-state index is 12.6. The van der Waals surface area contributed by atoms with Crippen LogP contribution >= 0.6 is 0 Å². The summed E-state index contributed by atoms with van der Waals surface area (Å²) in [6.45, 7) is 2.62. The minimum atomic E-state index is -1.07. The smallest absolute Gasteiger partial charge is 0.227 e. The molecule has 2 aromatic rings. The van der Waals surface area contributed by atoms with Crippen LogP contribution < -0.4 is 15.0 Å². The van der Waals surface area contributed by atoms with Gasteiger partial charge in [-0.3, -0.25) is 4.21 Å². The summed E-state index contributed by atoms with van der Waals surface area (Å²) >= 11 is 0. The minimum Gasteiger partial charge on any atom is -0.497 e.